The number of unbranched alkanes of at least 4 members (excludes halogenated alkanes) is 1. The van der Waals surface area contributed by atoms with Gasteiger partial charge in [-0.15, -0.1) is 11.3 Å². The molecule has 0 spiro atoms. The van der Waals surface area contributed by atoms with Gasteiger partial charge in [-0.3, -0.25) is 4.40 Å². The van der Waals surface area contributed by atoms with Crippen LogP contribution in [0.4, 0.5) is 5.82 Å². The van der Waals surface area contributed by atoms with Crippen LogP contribution in [0, 0.1) is 0 Å². The molecule has 0 radical (unpaired) electrons. The Hall–Kier alpha value is -1.16. The molecular weight excluding hydrogens is 288 g/mol. The summed E-state index contributed by atoms with van der Waals surface area (Å²) in [6.07, 6.45) is 3.15. The number of anilines is 1. The van der Waals surface area contributed by atoms with Crippen LogP contribution in [0.2, 0.25) is 0 Å². The molecule has 19 heavy (non-hydrogen) atoms. The Labute approximate surface area is 115 Å². The van der Waals surface area contributed by atoms with Gasteiger partial charge in [-0.25, -0.2) is 18.1 Å². The van der Waals surface area contributed by atoms with E-state index in [0.717, 1.165) is 6.42 Å². The van der Waals surface area contributed by atoms with Gasteiger partial charge in [0.05, 0.1) is 0 Å². The van der Waals surface area contributed by atoms with E-state index in [1.165, 1.54) is 15.7 Å². The molecule has 106 valence electrons. The first kappa shape index (κ1) is 14.3. The highest BCUT2D eigenvalue weighted by molar-refractivity contribution is 7.89. The lowest BCUT2D eigenvalue weighted by atomic mass is 10.3. The van der Waals surface area contributed by atoms with Gasteiger partial charge in [0.15, 0.2) is 15.8 Å². The molecule has 2 aromatic rings. The summed E-state index contributed by atoms with van der Waals surface area (Å²) >= 11 is 1.34. The first-order valence-corrected chi connectivity index (χ1v) is 8.12. The Kier molecular flexibility index (Phi) is 4.40. The van der Waals surface area contributed by atoms with Crippen LogP contribution in [0.1, 0.15) is 12.8 Å². The van der Waals surface area contributed by atoms with E-state index >= 15 is 0 Å². The van der Waals surface area contributed by atoms with Crippen molar-refractivity contribution in [2.45, 2.75) is 17.9 Å². The van der Waals surface area contributed by atoms with Gasteiger partial charge in [0.2, 0.25) is 0 Å². The number of fused-ring (bicyclic) bond motifs is 1. The number of imidazole rings is 1. The number of ether oxygens (including phenoxy) is 1. The number of thiazole rings is 1. The summed E-state index contributed by atoms with van der Waals surface area (Å²) in [4.78, 5) is 4.58. The zero-order valence-corrected chi connectivity index (χ0v) is 12.1. The molecule has 2 heterocycles. The molecule has 0 amide bonds. The Balaban J connectivity index is 2.11. The first-order valence-electron chi connectivity index (χ1n) is 5.76. The van der Waals surface area contributed by atoms with Crippen molar-refractivity contribution in [3.8, 4) is 0 Å². The number of nitrogens with two attached hydrogens (primary N) is 1. The molecule has 0 bridgehead atoms. The number of sulfonamides is 1. The number of nitrogen functional groups attached to an aromatic ring is 1. The summed E-state index contributed by atoms with van der Waals surface area (Å²) in [5.41, 5.74) is 5.67. The molecule has 0 saturated carbocycles. The van der Waals surface area contributed by atoms with Gasteiger partial charge >= 0.3 is 0 Å². The van der Waals surface area contributed by atoms with Crippen LogP contribution >= 0.6 is 11.3 Å². The van der Waals surface area contributed by atoms with Crippen molar-refractivity contribution in [2.75, 3.05) is 26.0 Å². The second kappa shape index (κ2) is 5.87. The van der Waals surface area contributed by atoms with Gasteiger partial charge in [-0.05, 0) is 12.8 Å². The zero-order chi connectivity index (χ0) is 13.9. The molecule has 3 N–H and O–H groups in total. The van der Waals surface area contributed by atoms with Crippen molar-refractivity contribution in [2.24, 2.45) is 0 Å². The maximum Gasteiger partial charge on any atom is 0.260 e. The van der Waals surface area contributed by atoms with E-state index in [0.29, 0.717) is 24.5 Å². The highest BCUT2D eigenvalue weighted by Gasteiger charge is 2.23. The lowest BCUT2D eigenvalue weighted by Gasteiger charge is -2.06. The maximum absolute atomic E-state index is 12.2. The van der Waals surface area contributed by atoms with Gasteiger partial charge in [0.1, 0.15) is 0 Å². The molecule has 0 aliphatic carbocycles. The molecule has 0 aromatic carbocycles. The molecule has 2 aromatic heterocycles. The summed E-state index contributed by atoms with van der Waals surface area (Å²) in [7, 11) is -2.02. The third kappa shape index (κ3) is 3.06. The third-order valence-electron chi connectivity index (χ3n) is 2.57. The fraction of sp³-hybridized carbons (Fsp3) is 0.500. The zero-order valence-electron chi connectivity index (χ0n) is 10.5. The van der Waals surface area contributed by atoms with Crippen molar-refractivity contribution in [3.63, 3.8) is 0 Å². The summed E-state index contributed by atoms with van der Waals surface area (Å²) < 4.78 is 33.3. The van der Waals surface area contributed by atoms with Gasteiger partial charge < -0.3 is 10.5 Å². The first-order chi connectivity index (χ1) is 9.06. The Bertz CT molecular complexity index is 647. The molecule has 0 saturated heterocycles. The van der Waals surface area contributed by atoms with Crippen molar-refractivity contribution >= 4 is 32.1 Å². The lowest BCUT2D eigenvalue weighted by Crippen LogP contribution is -2.26. The van der Waals surface area contributed by atoms with Crippen LogP contribution in [0.3, 0.4) is 0 Å². The van der Waals surface area contributed by atoms with Crippen LogP contribution in [0.15, 0.2) is 16.6 Å². The molecule has 2 rings (SSSR count). The molecule has 9 heteroatoms. The second-order valence-corrected chi connectivity index (χ2v) is 6.51. The van der Waals surface area contributed by atoms with E-state index in [9.17, 15) is 8.42 Å². The highest BCUT2D eigenvalue weighted by Crippen LogP contribution is 2.22. The third-order valence-corrected chi connectivity index (χ3v) is 4.82. The van der Waals surface area contributed by atoms with Gasteiger partial charge in [0, 0.05) is 31.8 Å². The number of aromatic nitrogens is 2. The Morgan fingerprint density at radius 1 is 1.53 bits per heavy atom. The van der Waals surface area contributed by atoms with E-state index in [-0.39, 0.29) is 10.8 Å². The molecule has 7 nitrogen and oxygen atoms in total. The summed E-state index contributed by atoms with van der Waals surface area (Å²) in [6, 6.07) is 0. The summed E-state index contributed by atoms with van der Waals surface area (Å²) in [5, 5.41) is 1.77. The number of nitrogens with one attached hydrogen (secondary N) is 1. The smallest absolute Gasteiger partial charge is 0.260 e. The van der Waals surface area contributed by atoms with Crippen molar-refractivity contribution < 1.29 is 13.2 Å². The maximum atomic E-state index is 12.2. The number of hydrogen-bond donors (Lipinski definition) is 2. The minimum atomic E-state index is -3.64. The number of hydrogen-bond acceptors (Lipinski definition) is 6. The minimum Gasteiger partial charge on any atom is -0.385 e. The highest BCUT2D eigenvalue weighted by atomic mass is 32.2. The standard InChI is InChI=1S/C10H16N4O3S2/c1-17-6-3-2-4-12-19(15,16)9-8(11)13-10-14(9)5-7-18-10/h5,7,12H,2-4,6,11H2,1H3. The van der Waals surface area contributed by atoms with Gasteiger partial charge in [-0.1, -0.05) is 0 Å². The topological polar surface area (TPSA) is 98.7 Å². The normalized spacial score (nSPS) is 12.3. The largest absolute Gasteiger partial charge is 0.385 e. The Morgan fingerprint density at radius 2 is 2.32 bits per heavy atom. The lowest BCUT2D eigenvalue weighted by molar-refractivity contribution is 0.193. The van der Waals surface area contributed by atoms with Crippen molar-refractivity contribution in [1.29, 1.82) is 0 Å². The Morgan fingerprint density at radius 3 is 3.05 bits per heavy atom. The van der Waals surface area contributed by atoms with Crippen LogP contribution in [-0.4, -0.2) is 38.1 Å². The average Bonchev–Trinajstić information content (AvgIpc) is 2.87. The number of nitrogens with zero attached hydrogens (tertiary/aromatic N) is 2. The van der Waals surface area contributed by atoms with Crippen LogP contribution in [0.5, 0.6) is 0 Å². The van der Waals surface area contributed by atoms with Gasteiger partial charge in [-0.2, -0.15) is 0 Å². The predicted molar refractivity (Wildman–Crippen MR) is 73.8 cm³/mol. The van der Waals surface area contributed by atoms with Crippen LogP contribution < -0.4 is 10.5 Å². The van der Waals surface area contributed by atoms with E-state index in [1.807, 2.05) is 0 Å². The quantitative estimate of drug-likeness (QED) is 0.733. The van der Waals surface area contributed by atoms with E-state index in [2.05, 4.69) is 9.71 Å². The number of rotatable bonds is 7. The van der Waals surface area contributed by atoms with E-state index in [1.54, 1.807) is 18.7 Å². The van der Waals surface area contributed by atoms with Crippen molar-refractivity contribution in [1.82, 2.24) is 14.1 Å². The fourth-order valence-corrected chi connectivity index (χ4v) is 3.75. The molecule has 0 fully saturated rings. The molecule has 0 aliphatic rings. The monoisotopic (exact) mass is 304 g/mol. The second-order valence-electron chi connectivity index (χ2n) is 3.96. The van der Waals surface area contributed by atoms with Crippen molar-refractivity contribution in [3.05, 3.63) is 11.6 Å². The molecule has 0 aliphatic heterocycles. The molecule has 0 unspecified atom stereocenters. The SMILES string of the molecule is COCCCCNS(=O)(=O)c1c(N)nc2sccn12. The predicted octanol–water partition coefficient (Wildman–Crippen LogP) is 0.683. The van der Waals surface area contributed by atoms with Gasteiger partial charge in [0.25, 0.3) is 10.0 Å². The average molecular weight is 304 g/mol. The summed E-state index contributed by atoms with van der Waals surface area (Å²) in [6.45, 7) is 0.966. The fourth-order valence-electron chi connectivity index (χ4n) is 1.70. The van der Waals surface area contributed by atoms with E-state index < -0.39 is 10.0 Å². The minimum absolute atomic E-state index is 0.00971. The molecular formula is C10H16N4O3S2. The van der Waals surface area contributed by atoms with Crippen LogP contribution in [-0.2, 0) is 14.8 Å². The van der Waals surface area contributed by atoms with E-state index in [4.69, 9.17) is 10.5 Å². The summed E-state index contributed by atoms with van der Waals surface area (Å²) in [5.74, 6) is 0.0243. The number of methoxy groups -OCH3 is 1. The van der Waals surface area contributed by atoms with Crippen LogP contribution in [0.25, 0.3) is 4.96 Å². The molecule has 0 atom stereocenters.